The number of benzene rings is 10. The van der Waals surface area contributed by atoms with E-state index in [1.807, 2.05) is 82.3 Å². The van der Waals surface area contributed by atoms with E-state index >= 15 is 0 Å². The second-order valence-electron chi connectivity index (χ2n) is 32.7. The molecule has 0 heterocycles. The molecule has 112 heavy (non-hydrogen) atoms. The van der Waals surface area contributed by atoms with E-state index < -0.39 is 15.7 Å². The molecule has 0 amide bonds. The number of aliphatic hydroxyl groups excluding tert-OH is 1. The molecule has 0 aliphatic carbocycles. The number of anilines is 6. The zero-order valence-corrected chi connectivity index (χ0v) is 75.4. The Kier molecular flexibility index (Phi) is 40.4. The molecule has 0 unspecified atom stereocenters. The largest absolute Gasteiger partial charge is 0.403 e. The minimum atomic E-state index is -2.54. The standard InChI is InChI=1S/C27H35NOSi.C16H19ClSi.C11H14N2.C11H17NO.C11H15NO.C10H14IN.C10H15N.2CH4/c1-20(2)25-18-22(17-21(3)26(25)28)19-29-30(27(4,5)6,23-13-9-7-10-14-23)24-15-11-8-12-16-24;1-16(2,3)18(17,14-10-6-4-7-11-14)15-12-8-5-9-13-15;1-7(2)10-5-9(6-12)4-8(3)11(10)13;2*1-7(2)10-5-9(6-13)4-8(3)11(10)12;1-6(2)9-5-8(11)4-7(3)10(9)12;1-7(2)9-6-4-5-8(3)10(9)11;;/h7-18,20H,19,28H2,1-6H3;4-13H,1-3H3;4-5,7H,13H2,1-3H3;4-5,7,13H,6,12H2,1-3H3;4-7H,12H2,1-3H3;4-6H,12H2,1-3H3;4-7H,11H2,1-3H3;2*1H4. The van der Waals surface area contributed by atoms with E-state index in [1.54, 1.807) is 0 Å². The summed E-state index contributed by atoms with van der Waals surface area (Å²) in [4.78, 5) is 10.6. The van der Waals surface area contributed by atoms with Crippen LogP contribution in [0.25, 0.3) is 0 Å². The summed E-state index contributed by atoms with van der Waals surface area (Å²) in [5.41, 5.74) is 58.2. The Bertz CT molecular complexity index is 4520. The summed E-state index contributed by atoms with van der Waals surface area (Å²) in [5, 5.41) is 23.0. The van der Waals surface area contributed by atoms with E-state index in [0.717, 1.165) is 84.9 Å². The first-order valence-corrected chi connectivity index (χ1v) is 44.4. The summed E-state index contributed by atoms with van der Waals surface area (Å²) in [7, 11) is -4.77. The van der Waals surface area contributed by atoms with Gasteiger partial charge < -0.3 is 43.9 Å². The van der Waals surface area contributed by atoms with Crippen molar-refractivity contribution in [1.82, 2.24) is 0 Å². The molecular weight excluding hydrogens is 1540 g/mol. The maximum absolute atomic E-state index is 10.6. The number of para-hydroxylation sites is 1. The smallest absolute Gasteiger partial charge is 0.261 e. The highest BCUT2D eigenvalue weighted by Crippen LogP contribution is 2.40. The first-order chi connectivity index (χ1) is 51.4. The van der Waals surface area contributed by atoms with Crippen LogP contribution >= 0.6 is 33.7 Å². The monoisotopic (exact) mass is 1680 g/mol. The summed E-state index contributed by atoms with van der Waals surface area (Å²) in [6.45, 7) is 51.9. The van der Waals surface area contributed by atoms with Crippen molar-refractivity contribution in [3.63, 3.8) is 0 Å². The van der Waals surface area contributed by atoms with Gasteiger partial charge in [-0.25, -0.2) is 0 Å². The van der Waals surface area contributed by atoms with Crippen LogP contribution in [-0.2, 0) is 17.6 Å². The van der Waals surface area contributed by atoms with E-state index in [9.17, 15) is 4.79 Å². The van der Waals surface area contributed by atoms with E-state index in [-0.39, 0.29) is 31.5 Å². The van der Waals surface area contributed by atoms with Crippen LogP contribution in [0, 0.1) is 56.4 Å². The van der Waals surface area contributed by atoms with Crippen molar-refractivity contribution in [2.75, 3.05) is 34.4 Å². The molecule has 13 N–H and O–H groups in total. The number of rotatable bonds is 15. The minimum absolute atomic E-state index is 0. The van der Waals surface area contributed by atoms with Crippen LogP contribution in [0.15, 0.2) is 200 Å². The Morgan fingerprint density at radius 2 is 0.732 bits per heavy atom. The second-order valence-corrected chi connectivity index (χ2v) is 43.9. The van der Waals surface area contributed by atoms with Crippen molar-refractivity contribution >= 4 is 111 Å². The van der Waals surface area contributed by atoms with Crippen molar-refractivity contribution in [3.05, 3.63) is 293 Å². The van der Waals surface area contributed by atoms with Gasteiger partial charge in [-0.15, -0.1) is 0 Å². The van der Waals surface area contributed by atoms with Crippen molar-refractivity contribution in [1.29, 1.82) is 5.26 Å². The van der Waals surface area contributed by atoms with Crippen LogP contribution in [0.1, 0.15) is 269 Å². The SMILES string of the molecule is C.C.CC(C)(C)[Si](Cl)(c1ccccc1)c1ccccc1.Cc1cc(C#N)cc(C(C)C)c1N.Cc1cc(C=O)cc(C(C)C)c1N.Cc1cc(CO)cc(C(C)C)c1N.Cc1cc(CO[Si](c2ccccc2)(c2ccccc2)C(C)(C)C)cc(C(C)C)c1N.Cc1cc(I)cc(C(C)C)c1N.Cc1cccc(C(C)C)c1N. The number of halogens is 2. The van der Waals surface area contributed by atoms with Gasteiger partial charge in [-0.05, 0) is 245 Å². The molecule has 0 saturated carbocycles. The van der Waals surface area contributed by atoms with Gasteiger partial charge in [0.2, 0.25) is 7.38 Å². The van der Waals surface area contributed by atoms with Gasteiger partial charge in [0.1, 0.15) is 6.29 Å². The third-order valence-corrected chi connectivity index (χ3v) is 32.9. The van der Waals surface area contributed by atoms with Crippen molar-refractivity contribution in [3.8, 4) is 6.07 Å². The van der Waals surface area contributed by atoms with E-state index in [0.29, 0.717) is 53.2 Å². The van der Waals surface area contributed by atoms with Gasteiger partial charge in [-0.2, -0.15) is 16.3 Å². The minimum Gasteiger partial charge on any atom is -0.403 e. The topological polar surface area (TPSA) is 226 Å². The number of carbonyl (C=O) groups excluding carboxylic acids is 1. The number of aliphatic hydroxyl groups is 1. The third-order valence-electron chi connectivity index (χ3n) is 20.0. The Morgan fingerprint density at radius 3 is 1.08 bits per heavy atom. The molecule has 10 rings (SSSR count). The number of nitriles is 1. The summed E-state index contributed by atoms with van der Waals surface area (Å²) in [6, 6.07) is 70.9. The lowest BCUT2D eigenvalue weighted by Crippen LogP contribution is -2.66. The van der Waals surface area contributed by atoms with E-state index in [1.165, 1.54) is 57.7 Å². The molecule has 0 radical (unpaired) electrons. The Balaban J connectivity index is 0.000000458. The van der Waals surface area contributed by atoms with Crippen molar-refractivity contribution in [2.45, 2.75) is 240 Å². The van der Waals surface area contributed by atoms with Gasteiger partial charge in [-0.3, -0.25) is 4.79 Å². The Labute approximate surface area is 698 Å². The molecule has 10 nitrogen and oxygen atoms in total. The number of carbonyl (C=O) groups is 1. The fourth-order valence-corrected chi connectivity index (χ4v) is 23.0. The average Bonchev–Trinajstić information content (AvgIpc) is 0.749. The Morgan fingerprint density at radius 1 is 0.411 bits per heavy atom. The summed E-state index contributed by atoms with van der Waals surface area (Å²) in [5.74, 6) is 2.56. The lowest BCUT2D eigenvalue weighted by atomic mass is 9.96. The molecule has 0 saturated heterocycles. The second kappa shape index (κ2) is 45.4. The highest BCUT2D eigenvalue weighted by molar-refractivity contribution is 14.1. The van der Waals surface area contributed by atoms with Crippen LogP contribution in [0.3, 0.4) is 0 Å². The average molecular weight is 1680 g/mol. The molecule has 0 aliphatic heterocycles. The molecule has 0 bridgehead atoms. The summed E-state index contributed by atoms with van der Waals surface area (Å²) in [6.07, 6.45) is 0.859. The van der Waals surface area contributed by atoms with E-state index in [2.05, 4.69) is 313 Å². The zero-order chi connectivity index (χ0) is 82.9. The van der Waals surface area contributed by atoms with Crippen LogP contribution in [0.2, 0.25) is 10.1 Å². The number of aldehydes is 1. The maximum Gasteiger partial charge on any atom is 0.261 e. The van der Waals surface area contributed by atoms with Crippen molar-refractivity contribution < 1.29 is 14.3 Å². The van der Waals surface area contributed by atoms with Crippen LogP contribution in [-0.4, -0.2) is 27.1 Å². The highest BCUT2D eigenvalue weighted by Gasteiger charge is 2.50. The number of nitrogen functional groups attached to an aromatic ring is 6. The predicted octanol–water partition coefficient (Wildman–Crippen LogP) is 24.1. The molecule has 0 aromatic heterocycles. The first-order valence-electron chi connectivity index (χ1n) is 38.4. The maximum atomic E-state index is 10.6. The van der Waals surface area contributed by atoms with E-state index in [4.69, 9.17) is 60.3 Å². The molecular formula is C98H137ClIN7O3Si2. The molecule has 0 spiro atoms. The number of nitrogens with two attached hydrogens (primary N) is 6. The predicted molar refractivity (Wildman–Crippen MR) is 506 cm³/mol. The number of nitrogens with zero attached hydrogens (tertiary/aromatic N) is 1. The fourth-order valence-electron chi connectivity index (χ4n) is 13.5. The van der Waals surface area contributed by atoms with Gasteiger partial charge in [0.05, 0.1) is 24.8 Å². The highest BCUT2D eigenvalue weighted by atomic mass is 127. The van der Waals surface area contributed by atoms with Gasteiger partial charge in [0.15, 0.2) is 0 Å². The van der Waals surface area contributed by atoms with Crippen LogP contribution in [0.4, 0.5) is 34.1 Å². The third kappa shape index (κ3) is 26.8. The van der Waals surface area contributed by atoms with Gasteiger partial charge in [0.25, 0.3) is 8.32 Å². The molecule has 14 heteroatoms. The number of aryl methyl sites for hydroxylation is 6. The first kappa shape index (κ1) is 99.6. The van der Waals surface area contributed by atoms with Gasteiger partial charge >= 0.3 is 0 Å². The zero-order valence-electron chi connectivity index (χ0n) is 70.4. The molecule has 0 fully saturated rings. The van der Waals surface area contributed by atoms with Gasteiger partial charge in [0, 0.05) is 43.3 Å². The summed E-state index contributed by atoms with van der Waals surface area (Å²) >= 11 is 9.53. The molecule has 0 atom stereocenters. The van der Waals surface area contributed by atoms with Gasteiger partial charge in [-0.1, -0.05) is 303 Å². The number of hydrogen-bond acceptors (Lipinski definition) is 10. The van der Waals surface area contributed by atoms with Crippen molar-refractivity contribution in [2.24, 2.45) is 0 Å². The normalized spacial score (nSPS) is 11.1. The van der Waals surface area contributed by atoms with Crippen LogP contribution < -0.4 is 55.1 Å². The Hall–Kier alpha value is -8.47. The summed E-state index contributed by atoms with van der Waals surface area (Å²) < 4.78 is 8.35. The lowest BCUT2D eigenvalue weighted by Gasteiger charge is -2.43. The van der Waals surface area contributed by atoms with Crippen LogP contribution in [0.5, 0.6) is 0 Å². The number of hydrogen-bond donors (Lipinski definition) is 7. The molecule has 10 aromatic carbocycles. The molecule has 10 aromatic rings. The quantitative estimate of drug-likeness (QED) is 0.0169. The fraction of sp³-hybridized carbons (Fsp3) is 0.367. The molecule has 604 valence electrons. The molecule has 0 aliphatic rings. The lowest BCUT2D eigenvalue weighted by molar-refractivity contribution is 0.112.